The highest BCUT2D eigenvalue weighted by molar-refractivity contribution is 7.46. The number of phosphoric acid groups is 1. The van der Waals surface area contributed by atoms with Crippen molar-refractivity contribution in [2.45, 2.75) is 153 Å². The van der Waals surface area contributed by atoms with Crippen molar-refractivity contribution in [1.29, 1.82) is 0 Å². The molecule has 8 rings (SSSR count). The van der Waals surface area contributed by atoms with Gasteiger partial charge in [-0.25, -0.2) is 9.36 Å². The lowest BCUT2D eigenvalue weighted by Gasteiger charge is -2.59. The lowest BCUT2D eigenvalue weighted by atomic mass is 9.46. The maximum Gasteiger partial charge on any atom is 0.524 e. The Morgan fingerprint density at radius 2 is 1.71 bits per heavy atom. The number of benzene rings is 2. The van der Waals surface area contributed by atoms with Crippen LogP contribution in [-0.4, -0.2) is 94.7 Å². The molecule has 5 fully saturated rings. The summed E-state index contributed by atoms with van der Waals surface area (Å²) in [5, 5.41) is 29.1. The van der Waals surface area contributed by atoms with Gasteiger partial charge in [-0.1, -0.05) is 94.0 Å². The lowest BCUT2D eigenvalue weighted by Crippen LogP contribution is -2.63. The monoisotopic (exact) mass is 991 g/mol. The normalized spacial score (nSPS) is 30.9. The van der Waals surface area contributed by atoms with E-state index in [9.17, 15) is 38.9 Å². The molecule has 0 spiro atoms. The maximum atomic E-state index is 14.9. The van der Waals surface area contributed by atoms with Gasteiger partial charge in [0, 0.05) is 54.5 Å². The van der Waals surface area contributed by atoms with Crippen molar-refractivity contribution in [3.8, 4) is 5.75 Å². The van der Waals surface area contributed by atoms with E-state index in [1.165, 1.54) is 23.8 Å². The molecule has 1 aliphatic heterocycles. The quantitative estimate of drug-likeness (QED) is 0.0458. The van der Waals surface area contributed by atoms with Crippen LogP contribution >= 0.6 is 7.82 Å². The number of nitrogens with one attached hydrogen (secondary N) is 2. The Morgan fingerprint density at radius 3 is 2.49 bits per heavy atom. The van der Waals surface area contributed by atoms with Gasteiger partial charge < -0.3 is 44.3 Å². The van der Waals surface area contributed by atoms with Crippen LogP contribution in [0.15, 0.2) is 72.3 Å². The Hall–Kier alpha value is -3.76. The largest absolute Gasteiger partial charge is 0.524 e. The van der Waals surface area contributed by atoms with Crippen molar-refractivity contribution in [3.63, 3.8) is 0 Å². The average Bonchev–Trinajstić information content (AvgIpc) is 3.85. The molecule has 2 aromatic rings. The van der Waals surface area contributed by atoms with E-state index in [0.717, 1.165) is 102 Å². The number of fused-ring (bicyclic) bond motifs is 7. The van der Waals surface area contributed by atoms with Crippen molar-refractivity contribution >= 4 is 25.5 Å². The number of aliphatic hydroxyl groups excluding tert-OH is 2. The molecule has 70 heavy (non-hydrogen) atoms. The highest BCUT2D eigenvalue weighted by Crippen LogP contribution is 2.70. The van der Waals surface area contributed by atoms with E-state index in [1.54, 1.807) is 12.2 Å². The minimum absolute atomic E-state index is 0.0232. The summed E-state index contributed by atoms with van der Waals surface area (Å²) in [5.41, 5.74) is 0.174. The molecular formula is C54H75N2O13P. The van der Waals surface area contributed by atoms with Crippen LogP contribution in [0.4, 0.5) is 4.79 Å². The highest BCUT2D eigenvalue weighted by Gasteiger charge is 2.76. The number of aryl methyl sites for hydroxylation is 1. The van der Waals surface area contributed by atoms with Crippen LogP contribution in [0.2, 0.25) is 0 Å². The topological polar surface area (TPSA) is 219 Å². The number of unbranched alkanes of at least 4 members (excludes halogenated alkanes) is 4. The number of ketones is 2. The minimum Gasteiger partial charge on any atom is -0.441 e. The molecule has 4 saturated carbocycles. The van der Waals surface area contributed by atoms with Crippen molar-refractivity contribution in [3.05, 3.63) is 89.0 Å². The van der Waals surface area contributed by atoms with Crippen LogP contribution < -0.4 is 15.2 Å². The van der Waals surface area contributed by atoms with E-state index in [0.29, 0.717) is 24.9 Å². The average molecular weight is 991 g/mol. The van der Waals surface area contributed by atoms with Gasteiger partial charge in [0.1, 0.15) is 5.75 Å². The van der Waals surface area contributed by atoms with Crippen LogP contribution in [0.25, 0.3) is 0 Å². The molecule has 0 bridgehead atoms. The number of Topliss-reactive ketones (excluding diaryl/α,β-unsaturated/α-hetero) is 1. The molecule has 1 saturated heterocycles. The maximum absolute atomic E-state index is 14.9. The Kier molecular flexibility index (Phi) is 17.3. The van der Waals surface area contributed by atoms with Gasteiger partial charge >= 0.3 is 13.9 Å². The van der Waals surface area contributed by atoms with Crippen LogP contribution in [0.1, 0.15) is 133 Å². The summed E-state index contributed by atoms with van der Waals surface area (Å²) in [7, 11) is -5.00. The molecule has 0 aromatic heterocycles. The van der Waals surface area contributed by atoms with E-state index in [-0.39, 0.29) is 60.3 Å². The lowest BCUT2D eigenvalue weighted by molar-refractivity contribution is -0.209. The van der Waals surface area contributed by atoms with Crippen molar-refractivity contribution in [1.82, 2.24) is 10.6 Å². The standard InChI is InChI=1S/C54H75N2O13P/c1-52-25-24-41(57)30-40(52)21-22-42-43-31-48-54(53(43,2)32-44(58)49(42)52,68-50(67-48)37-18-9-6-10-19-37)47(60)35-66-51(61)56-33-39-29-38(20-23-46(39)69-70(62,63)64)45(59)34-55-26-12-3-4-13-27-65-28-14-11-17-36-15-7-5-8-16-36/h5,7-8,15-16,20,23-25,29-30,37,42-45,48-50,55,58-59H,3-4,6,9-14,17-19,21-22,26-28,31-35H2,1-2H3,(H,56,61)(H2,62,63,64)/t42-,43-,44-,45?,48?,49+,50+,52-,53-,54+/m0/s1. The number of hydrogen-bond acceptors (Lipinski definition) is 12. The third-order valence-corrected chi connectivity index (χ3v) is 17.2. The Labute approximate surface area is 412 Å². The molecule has 16 heteroatoms. The Morgan fingerprint density at radius 1 is 0.957 bits per heavy atom. The molecule has 0 radical (unpaired) electrons. The van der Waals surface area contributed by atoms with Gasteiger partial charge in [0.05, 0.1) is 18.3 Å². The van der Waals surface area contributed by atoms with Crippen molar-refractivity contribution < 1.29 is 62.4 Å². The van der Waals surface area contributed by atoms with E-state index in [2.05, 4.69) is 41.8 Å². The third kappa shape index (κ3) is 11.7. The molecule has 2 aromatic carbocycles. The summed E-state index contributed by atoms with van der Waals surface area (Å²) < 4.78 is 42.1. The number of rotatable bonds is 23. The van der Waals surface area contributed by atoms with Gasteiger partial charge in [0.2, 0.25) is 5.78 Å². The SMILES string of the molecule is C[C@]12C=CC(=O)C=C1CC[C@@H]1[C@@H]2[C@@H](O)C[C@@]2(C)[C@H]1CC1O[C@@H](C3CCCCC3)O[C@]12C(=O)COC(=O)NCc1cc(C(O)CNCCCCCCOCCCCc2ccccc2)ccc1OP(=O)(O)O. The van der Waals surface area contributed by atoms with Crippen LogP contribution in [0, 0.1) is 34.5 Å². The zero-order chi connectivity index (χ0) is 49.5. The summed E-state index contributed by atoms with van der Waals surface area (Å²) in [6.45, 7) is 5.64. The minimum atomic E-state index is -5.00. The summed E-state index contributed by atoms with van der Waals surface area (Å²) in [5.74, 6) is -0.742. The fourth-order valence-corrected chi connectivity index (χ4v) is 13.7. The predicted octanol–water partition coefficient (Wildman–Crippen LogP) is 8.13. The number of allylic oxidation sites excluding steroid dienone is 4. The number of phosphoric ester groups is 1. The van der Waals surface area contributed by atoms with Gasteiger partial charge in [-0.05, 0) is 124 Å². The molecule has 384 valence electrons. The fraction of sp³-hybridized carbons (Fsp3) is 0.648. The first-order valence-electron chi connectivity index (χ1n) is 25.9. The smallest absolute Gasteiger partial charge is 0.441 e. The number of ether oxygens (including phenoxy) is 4. The zero-order valence-electron chi connectivity index (χ0n) is 40.9. The number of carbonyl (C=O) groups is 3. The summed E-state index contributed by atoms with van der Waals surface area (Å²) in [4.78, 5) is 60.1. The number of aliphatic hydroxyl groups is 2. The van der Waals surface area contributed by atoms with Crippen LogP contribution in [0.3, 0.4) is 0 Å². The second-order valence-corrected chi connectivity index (χ2v) is 22.3. The van der Waals surface area contributed by atoms with Crippen molar-refractivity contribution in [2.75, 3.05) is 32.9 Å². The fourth-order valence-electron chi connectivity index (χ4n) is 13.3. The van der Waals surface area contributed by atoms with E-state index >= 15 is 0 Å². The Bertz CT molecular complexity index is 2250. The summed E-state index contributed by atoms with van der Waals surface area (Å²) in [6, 6.07) is 14.8. The van der Waals surface area contributed by atoms with Crippen molar-refractivity contribution in [2.24, 2.45) is 34.5 Å². The van der Waals surface area contributed by atoms with E-state index in [1.807, 2.05) is 19.1 Å². The molecule has 5 aliphatic carbocycles. The second-order valence-electron chi connectivity index (χ2n) is 21.2. The van der Waals surface area contributed by atoms with E-state index in [4.69, 9.17) is 23.5 Å². The van der Waals surface area contributed by atoms with Gasteiger partial charge in [-0.15, -0.1) is 0 Å². The third-order valence-electron chi connectivity index (χ3n) is 16.7. The zero-order valence-corrected chi connectivity index (χ0v) is 41.8. The first-order valence-corrected chi connectivity index (χ1v) is 27.4. The number of alkyl carbamates (subject to hydrolysis) is 1. The van der Waals surface area contributed by atoms with Crippen LogP contribution in [0.5, 0.6) is 5.75 Å². The predicted molar refractivity (Wildman–Crippen MR) is 261 cm³/mol. The molecule has 2 unspecified atom stereocenters. The van der Waals surface area contributed by atoms with Gasteiger partial charge in [-0.2, -0.15) is 0 Å². The highest BCUT2D eigenvalue weighted by atomic mass is 31.2. The second kappa shape index (κ2) is 23.0. The van der Waals surface area contributed by atoms with E-state index < -0.39 is 67.3 Å². The molecular weight excluding hydrogens is 916 g/mol. The number of amides is 1. The summed E-state index contributed by atoms with van der Waals surface area (Å²) >= 11 is 0. The first-order chi connectivity index (χ1) is 33.6. The molecule has 1 amide bonds. The number of hydrogen-bond donors (Lipinski definition) is 6. The summed E-state index contributed by atoms with van der Waals surface area (Å²) in [6.07, 6.45) is 15.9. The molecule has 10 atom stereocenters. The Balaban J connectivity index is 0.842. The molecule has 15 nitrogen and oxygen atoms in total. The number of carbonyl (C=O) groups excluding carboxylic acids is 3. The van der Waals surface area contributed by atoms with Gasteiger partial charge in [-0.3, -0.25) is 19.4 Å². The van der Waals surface area contributed by atoms with Gasteiger partial charge in [0.15, 0.2) is 24.3 Å². The first kappa shape index (κ1) is 52.6. The molecule has 1 heterocycles. The van der Waals surface area contributed by atoms with Crippen LogP contribution in [-0.2, 0) is 46.1 Å². The van der Waals surface area contributed by atoms with Gasteiger partial charge in [0.25, 0.3) is 0 Å². The molecule has 6 aliphatic rings. The molecule has 6 N–H and O–H groups in total.